The van der Waals surface area contributed by atoms with Crippen LogP contribution < -0.4 is 5.32 Å². The van der Waals surface area contributed by atoms with Gasteiger partial charge in [0.1, 0.15) is 10.9 Å². The highest BCUT2D eigenvalue weighted by Crippen LogP contribution is 2.54. The van der Waals surface area contributed by atoms with E-state index in [1.165, 1.54) is 0 Å². The monoisotopic (exact) mass is 366 g/mol. The molecule has 2 aliphatic heterocycles. The summed E-state index contributed by atoms with van der Waals surface area (Å²) >= 11 is 1.71. The summed E-state index contributed by atoms with van der Waals surface area (Å²) in [6, 6.07) is 15.6. The molecule has 1 N–H and O–H groups in total. The highest BCUT2D eigenvalue weighted by atomic mass is 32.2. The van der Waals surface area contributed by atoms with E-state index in [9.17, 15) is 9.59 Å². The SMILES string of the molecule is Cc1cc(C)cc(NC(=O)[C@H]2CS[C@]3(c4ccccc4)CCC(=O)N23)c1. The molecule has 2 fully saturated rings. The number of aryl methyl sites for hydroxylation is 2. The third-order valence-corrected chi connectivity index (χ3v) is 6.74. The van der Waals surface area contributed by atoms with Gasteiger partial charge in [-0.05, 0) is 49.1 Å². The summed E-state index contributed by atoms with van der Waals surface area (Å²) < 4.78 is 0. The molecule has 2 atom stereocenters. The minimum Gasteiger partial charge on any atom is -0.324 e. The van der Waals surface area contributed by atoms with E-state index >= 15 is 0 Å². The fourth-order valence-corrected chi connectivity index (χ4v) is 5.76. The number of anilines is 1. The van der Waals surface area contributed by atoms with Gasteiger partial charge in [0.15, 0.2) is 0 Å². The van der Waals surface area contributed by atoms with Gasteiger partial charge in [0.25, 0.3) is 0 Å². The first-order valence-corrected chi connectivity index (χ1v) is 9.89. The van der Waals surface area contributed by atoms with E-state index in [1.54, 1.807) is 11.8 Å². The van der Waals surface area contributed by atoms with Crippen molar-refractivity contribution in [1.82, 2.24) is 4.90 Å². The van der Waals surface area contributed by atoms with Crippen LogP contribution in [0.4, 0.5) is 5.69 Å². The van der Waals surface area contributed by atoms with Gasteiger partial charge in [0.2, 0.25) is 11.8 Å². The van der Waals surface area contributed by atoms with Crippen molar-refractivity contribution < 1.29 is 9.59 Å². The fraction of sp³-hybridized carbons (Fsp3) is 0.333. The van der Waals surface area contributed by atoms with E-state index in [0.29, 0.717) is 12.2 Å². The largest absolute Gasteiger partial charge is 0.324 e. The molecule has 0 aliphatic carbocycles. The van der Waals surface area contributed by atoms with Crippen LogP contribution >= 0.6 is 11.8 Å². The molecule has 4 rings (SSSR count). The zero-order chi connectivity index (χ0) is 18.3. The first-order chi connectivity index (χ1) is 12.5. The second-order valence-electron chi connectivity index (χ2n) is 7.11. The highest BCUT2D eigenvalue weighted by Gasteiger charge is 2.56. The number of amides is 2. The first-order valence-electron chi connectivity index (χ1n) is 8.90. The summed E-state index contributed by atoms with van der Waals surface area (Å²) in [6.07, 6.45) is 1.25. The molecule has 2 aromatic rings. The lowest BCUT2D eigenvalue weighted by Gasteiger charge is -2.34. The number of hydrogen-bond donors (Lipinski definition) is 1. The molecule has 2 aliphatic rings. The van der Waals surface area contributed by atoms with E-state index in [-0.39, 0.29) is 11.8 Å². The molecule has 0 bridgehead atoms. The Morgan fingerprint density at radius 2 is 1.85 bits per heavy atom. The molecule has 2 heterocycles. The lowest BCUT2D eigenvalue weighted by Crippen LogP contribution is -2.48. The molecule has 0 aromatic heterocycles. The Kier molecular flexibility index (Phi) is 4.27. The number of nitrogens with one attached hydrogen (secondary N) is 1. The average Bonchev–Trinajstić information content (AvgIpc) is 3.14. The molecule has 0 saturated carbocycles. The van der Waals surface area contributed by atoms with Crippen molar-refractivity contribution in [2.75, 3.05) is 11.1 Å². The molecule has 2 aromatic carbocycles. The average molecular weight is 366 g/mol. The van der Waals surface area contributed by atoms with Crippen LogP contribution in [0.3, 0.4) is 0 Å². The molecular weight excluding hydrogens is 344 g/mol. The van der Waals surface area contributed by atoms with Crippen LogP contribution in [-0.2, 0) is 14.5 Å². The molecule has 2 amide bonds. The van der Waals surface area contributed by atoms with Gasteiger partial charge in [0.05, 0.1) is 0 Å². The number of carbonyl (C=O) groups is 2. The predicted octanol–water partition coefficient (Wildman–Crippen LogP) is 3.83. The normalized spacial score (nSPS) is 24.6. The van der Waals surface area contributed by atoms with Gasteiger partial charge < -0.3 is 10.2 Å². The van der Waals surface area contributed by atoms with Crippen molar-refractivity contribution in [3.8, 4) is 0 Å². The number of hydrogen-bond acceptors (Lipinski definition) is 3. The third-order valence-electron chi connectivity index (χ3n) is 5.14. The highest BCUT2D eigenvalue weighted by molar-refractivity contribution is 8.00. The van der Waals surface area contributed by atoms with Crippen LogP contribution in [-0.4, -0.2) is 28.5 Å². The van der Waals surface area contributed by atoms with Gasteiger partial charge in [-0.15, -0.1) is 11.8 Å². The standard InChI is InChI=1S/C21H22N2O2S/c1-14-10-15(2)12-17(11-14)22-20(25)18-13-26-21(9-8-19(24)23(18)21)16-6-4-3-5-7-16/h3-7,10-12,18H,8-9,13H2,1-2H3,(H,22,25)/t18-,21+/m1/s1. The maximum Gasteiger partial charge on any atom is 0.248 e. The quantitative estimate of drug-likeness (QED) is 0.898. The Balaban J connectivity index is 1.62. The van der Waals surface area contributed by atoms with Crippen molar-refractivity contribution in [2.24, 2.45) is 0 Å². The molecule has 4 nitrogen and oxygen atoms in total. The summed E-state index contributed by atoms with van der Waals surface area (Å²) in [5.41, 5.74) is 4.12. The van der Waals surface area contributed by atoms with Gasteiger partial charge in [0, 0.05) is 17.9 Å². The summed E-state index contributed by atoms with van der Waals surface area (Å²) in [4.78, 5) is 27.0. The summed E-state index contributed by atoms with van der Waals surface area (Å²) in [5, 5.41) is 3.02. The van der Waals surface area contributed by atoms with Crippen molar-refractivity contribution in [2.45, 2.75) is 37.6 Å². The maximum absolute atomic E-state index is 13.0. The number of thioether (sulfide) groups is 1. The Labute approximate surface area is 158 Å². The Hall–Kier alpha value is -2.27. The minimum absolute atomic E-state index is 0.0689. The smallest absolute Gasteiger partial charge is 0.248 e. The zero-order valence-electron chi connectivity index (χ0n) is 15.0. The van der Waals surface area contributed by atoms with Gasteiger partial charge in [-0.3, -0.25) is 9.59 Å². The molecule has 26 heavy (non-hydrogen) atoms. The number of nitrogens with zero attached hydrogens (tertiary/aromatic N) is 1. The summed E-state index contributed by atoms with van der Waals surface area (Å²) in [7, 11) is 0. The lowest BCUT2D eigenvalue weighted by atomic mass is 10.0. The van der Waals surface area contributed by atoms with Gasteiger partial charge in [-0.2, -0.15) is 0 Å². The second-order valence-corrected chi connectivity index (χ2v) is 8.40. The Morgan fingerprint density at radius 1 is 1.15 bits per heavy atom. The number of benzene rings is 2. The van der Waals surface area contributed by atoms with E-state index in [4.69, 9.17) is 0 Å². The fourth-order valence-electron chi connectivity index (χ4n) is 4.11. The Bertz CT molecular complexity index is 847. The molecule has 2 saturated heterocycles. The maximum atomic E-state index is 13.0. The van der Waals surface area contributed by atoms with Crippen LogP contribution in [0.1, 0.15) is 29.5 Å². The minimum atomic E-state index is -0.434. The van der Waals surface area contributed by atoms with Gasteiger partial charge in [-0.25, -0.2) is 0 Å². The second kappa shape index (κ2) is 6.47. The van der Waals surface area contributed by atoms with Crippen LogP contribution in [0.2, 0.25) is 0 Å². The van der Waals surface area contributed by atoms with Crippen LogP contribution in [0.5, 0.6) is 0 Å². The van der Waals surface area contributed by atoms with Gasteiger partial charge >= 0.3 is 0 Å². The summed E-state index contributed by atoms with van der Waals surface area (Å²) in [5.74, 6) is 0.590. The number of carbonyl (C=O) groups excluding carboxylic acids is 2. The predicted molar refractivity (Wildman–Crippen MR) is 105 cm³/mol. The van der Waals surface area contributed by atoms with Crippen molar-refractivity contribution >= 4 is 29.3 Å². The van der Waals surface area contributed by atoms with E-state index in [2.05, 4.69) is 23.5 Å². The molecule has 0 spiro atoms. The topological polar surface area (TPSA) is 49.4 Å². The summed E-state index contributed by atoms with van der Waals surface area (Å²) in [6.45, 7) is 4.02. The van der Waals surface area contributed by atoms with Crippen molar-refractivity contribution in [1.29, 1.82) is 0 Å². The van der Waals surface area contributed by atoms with E-state index in [1.807, 2.05) is 49.1 Å². The molecular formula is C21H22N2O2S. The lowest BCUT2D eigenvalue weighted by molar-refractivity contribution is -0.136. The van der Waals surface area contributed by atoms with Crippen LogP contribution in [0.15, 0.2) is 48.5 Å². The van der Waals surface area contributed by atoms with Crippen LogP contribution in [0.25, 0.3) is 0 Å². The third kappa shape index (κ3) is 2.80. The number of rotatable bonds is 3. The molecule has 5 heteroatoms. The Morgan fingerprint density at radius 3 is 2.54 bits per heavy atom. The molecule has 134 valence electrons. The number of fused-ring (bicyclic) bond motifs is 1. The zero-order valence-corrected chi connectivity index (χ0v) is 15.8. The van der Waals surface area contributed by atoms with Crippen molar-refractivity contribution in [3.63, 3.8) is 0 Å². The molecule has 0 radical (unpaired) electrons. The van der Waals surface area contributed by atoms with Crippen molar-refractivity contribution in [3.05, 3.63) is 65.2 Å². The van der Waals surface area contributed by atoms with E-state index in [0.717, 1.165) is 28.8 Å². The first kappa shape index (κ1) is 17.2. The molecule has 0 unspecified atom stereocenters. The van der Waals surface area contributed by atoms with Crippen LogP contribution in [0, 0.1) is 13.8 Å². The van der Waals surface area contributed by atoms with Gasteiger partial charge in [-0.1, -0.05) is 36.4 Å². The van der Waals surface area contributed by atoms with E-state index < -0.39 is 10.9 Å².